The average Bonchev–Trinajstić information content (AvgIpc) is 2.67. The van der Waals surface area contributed by atoms with Crippen LogP contribution in [0.2, 0.25) is 0 Å². The van der Waals surface area contributed by atoms with E-state index in [-0.39, 0.29) is 5.91 Å². The summed E-state index contributed by atoms with van der Waals surface area (Å²) in [5.41, 5.74) is 0. The van der Waals surface area contributed by atoms with Crippen molar-refractivity contribution < 1.29 is 4.79 Å². The Morgan fingerprint density at radius 2 is 2.31 bits per heavy atom. The number of amides is 1. The maximum Gasteiger partial charge on any atom is 0.221 e. The largest absolute Gasteiger partial charge is 0.356 e. The van der Waals surface area contributed by atoms with Crippen LogP contribution in [0.1, 0.15) is 25.6 Å². The molecule has 0 saturated carbocycles. The molecule has 0 atom stereocenters. The lowest BCUT2D eigenvalue weighted by molar-refractivity contribution is -0.120. The van der Waals surface area contributed by atoms with Crippen LogP contribution < -0.4 is 10.6 Å². The van der Waals surface area contributed by atoms with Crippen LogP contribution in [0.5, 0.6) is 0 Å². The first kappa shape index (κ1) is 12.6. The number of nitrogens with zero attached hydrogens (tertiary/aromatic N) is 3. The number of aryl methyl sites for hydroxylation is 1. The van der Waals surface area contributed by atoms with Crippen LogP contribution in [0.3, 0.4) is 0 Å². The van der Waals surface area contributed by atoms with Crippen LogP contribution in [0, 0.1) is 0 Å². The molecule has 0 bridgehead atoms. The summed E-state index contributed by atoms with van der Waals surface area (Å²) in [7, 11) is 1.89. The van der Waals surface area contributed by atoms with Gasteiger partial charge >= 0.3 is 0 Å². The van der Waals surface area contributed by atoms with Crippen molar-refractivity contribution in [2.24, 2.45) is 7.05 Å². The van der Waals surface area contributed by atoms with E-state index < -0.39 is 0 Å². The summed E-state index contributed by atoms with van der Waals surface area (Å²) in [4.78, 5) is 11.2. The highest BCUT2D eigenvalue weighted by Gasteiger charge is 2.01. The van der Waals surface area contributed by atoms with Gasteiger partial charge in [-0.2, -0.15) is 0 Å². The number of aromatic nitrogens is 3. The zero-order valence-electron chi connectivity index (χ0n) is 9.86. The molecule has 0 spiro atoms. The van der Waals surface area contributed by atoms with Gasteiger partial charge in [-0.25, -0.2) is 0 Å². The number of hydrogen-bond acceptors (Lipinski definition) is 4. The second kappa shape index (κ2) is 6.95. The summed E-state index contributed by atoms with van der Waals surface area (Å²) >= 11 is 0. The molecule has 0 fully saturated rings. The van der Waals surface area contributed by atoms with E-state index in [2.05, 4.69) is 20.8 Å². The van der Waals surface area contributed by atoms with Crippen molar-refractivity contribution in [1.29, 1.82) is 0 Å². The Kier molecular flexibility index (Phi) is 5.49. The summed E-state index contributed by atoms with van der Waals surface area (Å²) in [5, 5.41) is 13.7. The molecule has 1 aromatic heterocycles. The van der Waals surface area contributed by atoms with Crippen LogP contribution in [0.4, 0.5) is 0 Å². The van der Waals surface area contributed by atoms with E-state index in [0.29, 0.717) is 19.5 Å². The highest BCUT2D eigenvalue weighted by Crippen LogP contribution is 1.89. The first-order valence-electron chi connectivity index (χ1n) is 5.54. The highest BCUT2D eigenvalue weighted by atomic mass is 16.1. The van der Waals surface area contributed by atoms with Gasteiger partial charge in [0.25, 0.3) is 0 Å². The zero-order chi connectivity index (χ0) is 11.8. The first-order chi connectivity index (χ1) is 7.74. The van der Waals surface area contributed by atoms with Gasteiger partial charge in [0.05, 0.1) is 6.54 Å². The third-order valence-corrected chi connectivity index (χ3v) is 2.19. The van der Waals surface area contributed by atoms with Crippen LogP contribution >= 0.6 is 0 Å². The molecule has 90 valence electrons. The van der Waals surface area contributed by atoms with Crippen molar-refractivity contribution in [2.45, 2.75) is 26.3 Å². The number of carbonyl (C=O) groups excluding carboxylic acids is 1. The van der Waals surface area contributed by atoms with Crippen molar-refractivity contribution in [3.63, 3.8) is 0 Å². The fraction of sp³-hybridized carbons (Fsp3) is 0.700. The van der Waals surface area contributed by atoms with Crippen LogP contribution in [0.25, 0.3) is 0 Å². The van der Waals surface area contributed by atoms with Gasteiger partial charge < -0.3 is 15.2 Å². The summed E-state index contributed by atoms with van der Waals surface area (Å²) in [6.07, 6.45) is 3.13. The molecule has 2 N–H and O–H groups in total. The Hall–Kier alpha value is -1.43. The van der Waals surface area contributed by atoms with Crippen LogP contribution in [-0.2, 0) is 18.4 Å². The van der Waals surface area contributed by atoms with E-state index in [1.807, 2.05) is 18.5 Å². The minimum atomic E-state index is 0.0901. The molecule has 0 saturated heterocycles. The minimum absolute atomic E-state index is 0.0901. The molecule has 0 aliphatic heterocycles. The fourth-order valence-electron chi connectivity index (χ4n) is 1.22. The van der Waals surface area contributed by atoms with Gasteiger partial charge in [0.2, 0.25) is 5.91 Å². The molecule has 1 rings (SSSR count). The number of rotatable bonds is 7. The molecular weight excluding hydrogens is 206 g/mol. The monoisotopic (exact) mass is 225 g/mol. The predicted octanol–water partition coefficient (Wildman–Crippen LogP) is -0.179. The van der Waals surface area contributed by atoms with Gasteiger partial charge in [0.15, 0.2) is 0 Å². The molecule has 1 heterocycles. The number of hydrogen-bond donors (Lipinski definition) is 2. The smallest absolute Gasteiger partial charge is 0.221 e. The Morgan fingerprint density at radius 1 is 1.50 bits per heavy atom. The average molecular weight is 225 g/mol. The van der Waals surface area contributed by atoms with E-state index in [4.69, 9.17) is 0 Å². The maximum atomic E-state index is 11.2. The molecular formula is C10H19N5O. The normalized spacial score (nSPS) is 10.4. The Balaban J connectivity index is 2.08. The molecule has 6 heteroatoms. The summed E-state index contributed by atoms with van der Waals surface area (Å²) in [5.74, 6) is 0.960. The van der Waals surface area contributed by atoms with Crippen LogP contribution in [0.15, 0.2) is 6.33 Å². The van der Waals surface area contributed by atoms with Gasteiger partial charge in [-0.1, -0.05) is 6.92 Å². The van der Waals surface area contributed by atoms with Crippen molar-refractivity contribution in [3.8, 4) is 0 Å². The van der Waals surface area contributed by atoms with Crippen molar-refractivity contribution in [1.82, 2.24) is 25.4 Å². The highest BCUT2D eigenvalue weighted by molar-refractivity contribution is 5.75. The second-order valence-corrected chi connectivity index (χ2v) is 3.63. The number of nitrogens with one attached hydrogen (secondary N) is 2. The summed E-state index contributed by atoms with van der Waals surface area (Å²) < 4.78 is 1.85. The lowest BCUT2D eigenvalue weighted by atomic mass is 10.3. The standard InChI is InChI=1S/C10H19N5O/c1-3-5-12-10(16)4-6-11-7-9-14-13-8-15(9)2/h8,11H,3-7H2,1-2H3,(H,12,16). The van der Waals surface area contributed by atoms with Gasteiger partial charge in [-0.05, 0) is 6.42 Å². The Morgan fingerprint density at radius 3 is 2.94 bits per heavy atom. The molecule has 6 nitrogen and oxygen atoms in total. The van der Waals surface area contributed by atoms with Gasteiger partial charge in [0.1, 0.15) is 12.2 Å². The van der Waals surface area contributed by atoms with Gasteiger partial charge in [0, 0.05) is 26.6 Å². The topological polar surface area (TPSA) is 71.8 Å². The van der Waals surface area contributed by atoms with Crippen LogP contribution in [-0.4, -0.2) is 33.8 Å². The zero-order valence-corrected chi connectivity index (χ0v) is 9.86. The van der Waals surface area contributed by atoms with E-state index in [1.54, 1.807) is 6.33 Å². The third kappa shape index (κ3) is 4.39. The molecule has 1 aromatic rings. The minimum Gasteiger partial charge on any atom is -0.356 e. The maximum absolute atomic E-state index is 11.2. The molecule has 0 aliphatic carbocycles. The third-order valence-electron chi connectivity index (χ3n) is 2.19. The van der Waals surface area contributed by atoms with Crippen molar-refractivity contribution in [2.75, 3.05) is 13.1 Å². The molecule has 1 amide bonds. The first-order valence-corrected chi connectivity index (χ1v) is 5.54. The van der Waals surface area contributed by atoms with Crippen molar-refractivity contribution >= 4 is 5.91 Å². The lowest BCUT2D eigenvalue weighted by Crippen LogP contribution is -2.28. The quantitative estimate of drug-likeness (QED) is 0.632. The Bertz CT molecular complexity index is 323. The Labute approximate surface area is 95.4 Å². The van der Waals surface area contributed by atoms with E-state index in [0.717, 1.165) is 18.8 Å². The predicted molar refractivity (Wildman–Crippen MR) is 60.6 cm³/mol. The lowest BCUT2D eigenvalue weighted by Gasteiger charge is -2.05. The summed E-state index contributed by atoms with van der Waals surface area (Å²) in [6.45, 7) is 4.08. The molecule has 16 heavy (non-hydrogen) atoms. The van der Waals surface area contributed by atoms with E-state index in [1.165, 1.54) is 0 Å². The molecule has 0 unspecified atom stereocenters. The summed E-state index contributed by atoms with van der Waals surface area (Å²) in [6, 6.07) is 0. The SMILES string of the molecule is CCCNC(=O)CCNCc1nncn1C. The molecule has 0 aromatic carbocycles. The van der Waals surface area contributed by atoms with Gasteiger partial charge in [-0.3, -0.25) is 4.79 Å². The van der Waals surface area contributed by atoms with Crippen molar-refractivity contribution in [3.05, 3.63) is 12.2 Å². The fourth-order valence-corrected chi connectivity index (χ4v) is 1.22. The van der Waals surface area contributed by atoms with E-state index in [9.17, 15) is 4.79 Å². The second-order valence-electron chi connectivity index (χ2n) is 3.63. The number of carbonyl (C=O) groups is 1. The van der Waals surface area contributed by atoms with E-state index >= 15 is 0 Å². The van der Waals surface area contributed by atoms with Gasteiger partial charge in [-0.15, -0.1) is 10.2 Å². The molecule has 0 radical (unpaired) electrons. The molecule has 0 aliphatic rings.